The van der Waals surface area contributed by atoms with Crippen molar-refractivity contribution < 1.29 is 27.8 Å². The van der Waals surface area contributed by atoms with Crippen molar-refractivity contribution >= 4 is 5.65 Å². The SMILES string of the molecule is Oc1cccc(-c2cn3c(O)c(Cc4ccc(C(F)(F)F)o4)nc3c(Cc3ccccc3)n2)c1. The average molecular weight is 465 g/mol. The second-order valence-electron chi connectivity index (χ2n) is 7.80. The lowest BCUT2D eigenvalue weighted by Crippen LogP contribution is -2.02. The molecule has 2 N–H and O–H groups in total. The van der Waals surface area contributed by atoms with Gasteiger partial charge in [0.05, 0.1) is 17.8 Å². The van der Waals surface area contributed by atoms with E-state index in [1.54, 1.807) is 24.4 Å². The topological polar surface area (TPSA) is 83.8 Å². The van der Waals surface area contributed by atoms with Gasteiger partial charge in [-0.25, -0.2) is 9.97 Å². The van der Waals surface area contributed by atoms with Crippen LogP contribution in [0.25, 0.3) is 16.9 Å². The Labute approximate surface area is 191 Å². The van der Waals surface area contributed by atoms with Crippen LogP contribution >= 0.6 is 0 Å². The number of benzene rings is 2. The van der Waals surface area contributed by atoms with E-state index in [2.05, 4.69) is 4.98 Å². The van der Waals surface area contributed by atoms with E-state index in [4.69, 9.17) is 9.40 Å². The summed E-state index contributed by atoms with van der Waals surface area (Å²) < 4.78 is 45.0. The van der Waals surface area contributed by atoms with E-state index in [0.29, 0.717) is 29.0 Å². The van der Waals surface area contributed by atoms with Gasteiger partial charge in [0, 0.05) is 18.2 Å². The first-order chi connectivity index (χ1) is 16.3. The molecule has 0 radical (unpaired) electrons. The van der Waals surface area contributed by atoms with E-state index >= 15 is 0 Å². The molecule has 172 valence electrons. The zero-order valence-corrected chi connectivity index (χ0v) is 17.6. The van der Waals surface area contributed by atoms with Crippen LogP contribution in [0.5, 0.6) is 11.6 Å². The smallest absolute Gasteiger partial charge is 0.449 e. The van der Waals surface area contributed by atoms with Gasteiger partial charge in [-0.2, -0.15) is 13.2 Å². The summed E-state index contributed by atoms with van der Waals surface area (Å²) in [5.74, 6) is -1.24. The molecule has 0 aliphatic heterocycles. The zero-order chi connectivity index (χ0) is 23.9. The first-order valence-corrected chi connectivity index (χ1v) is 10.4. The van der Waals surface area contributed by atoms with E-state index in [0.717, 1.165) is 11.6 Å². The van der Waals surface area contributed by atoms with Crippen LogP contribution in [0.2, 0.25) is 0 Å². The monoisotopic (exact) mass is 465 g/mol. The molecule has 3 heterocycles. The summed E-state index contributed by atoms with van der Waals surface area (Å²) in [6, 6.07) is 18.2. The van der Waals surface area contributed by atoms with Gasteiger partial charge in [0.1, 0.15) is 17.2 Å². The van der Waals surface area contributed by atoms with Crippen LogP contribution in [0, 0.1) is 0 Å². The number of phenols is 1. The second-order valence-corrected chi connectivity index (χ2v) is 7.80. The Hall–Kier alpha value is -4.27. The molecule has 0 saturated carbocycles. The standard InChI is InChI=1S/C25H18F3N3O3/c26-25(27,28)22-10-9-18(34-22)13-20-24(33)31-14-21(16-7-4-8-17(32)12-16)29-19(23(31)30-20)11-15-5-2-1-3-6-15/h1-10,12,14,32-33H,11,13H2. The maximum atomic E-state index is 12.9. The summed E-state index contributed by atoms with van der Waals surface area (Å²) in [4.78, 5) is 9.21. The molecule has 9 heteroatoms. The van der Waals surface area contributed by atoms with E-state index in [1.807, 2.05) is 30.3 Å². The number of nitrogens with zero attached hydrogens (tertiary/aromatic N) is 3. The lowest BCUT2D eigenvalue weighted by molar-refractivity contribution is -0.153. The minimum absolute atomic E-state index is 0.0248. The number of rotatable bonds is 5. The first kappa shape index (κ1) is 21.6. The van der Waals surface area contributed by atoms with Crippen LogP contribution < -0.4 is 0 Å². The fourth-order valence-electron chi connectivity index (χ4n) is 3.76. The second kappa shape index (κ2) is 8.26. The minimum atomic E-state index is -4.60. The fraction of sp³-hybridized carbons (Fsp3) is 0.120. The molecule has 5 aromatic rings. The first-order valence-electron chi connectivity index (χ1n) is 10.4. The average Bonchev–Trinajstić information content (AvgIpc) is 3.40. The van der Waals surface area contributed by atoms with Gasteiger partial charge in [0.25, 0.3) is 0 Å². The number of aromatic nitrogens is 3. The van der Waals surface area contributed by atoms with Crippen LogP contribution in [0.1, 0.15) is 28.5 Å². The third-order valence-electron chi connectivity index (χ3n) is 5.36. The maximum absolute atomic E-state index is 12.9. The molecule has 0 unspecified atom stereocenters. The highest BCUT2D eigenvalue weighted by molar-refractivity contribution is 5.64. The van der Waals surface area contributed by atoms with Crippen molar-refractivity contribution in [1.82, 2.24) is 14.4 Å². The predicted octanol–water partition coefficient (Wildman–Crippen LogP) is 5.60. The van der Waals surface area contributed by atoms with Crippen LogP contribution in [0.3, 0.4) is 0 Å². The Bertz CT molecular complexity index is 1470. The van der Waals surface area contributed by atoms with Crippen molar-refractivity contribution in [2.75, 3.05) is 0 Å². The fourth-order valence-corrected chi connectivity index (χ4v) is 3.76. The number of hydrogen-bond acceptors (Lipinski definition) is 5. The van der Waals surface area contributed by atoms with Crippen LogP contribution in [0.15, 0.2) is 77.3 Å². The summed E-state index contributed by atoms with van der Waals surface area (Å²) in [5, 5.41) is 20.8. The molecule has 3 aromatic heterocycles. The number of alkyl halides is 3. The van der Waals surface area contributed by atoms with Gasteiger partial charge in [0.15, 0.2) is 5.65 Å². The summed E-state index contributed by atoms with van der Waals surface area (Å²) in [6.07, 6.45) is -2.74. The molecule has 34 heavy (non-hydrogen) atoms. The summed E-state index contributed by atoms with van der Waals surface area (Å²) >= 11 is 0. The molecular weight excluding hydrogens is 447 g/mol. The summed E-state index contributed by atoms with van der Waals surface area (Å²) in [6.45, 7) is 0. The van der Waals surface area contributed by atoms with Crippen LogP contribution in [-0.2, 0) is 19.0 Å². The Morgan fingerprint density at radius 3 is 2.35 bits per heavy atom. The van der Waals surface area contributed by atoms with Crippen molar-refractivity contribution in [2.45, 2.75) is 19.0 Å². The quantitative estimate of drug-likeness (QED) is 0.353. The van der Waals surface area contributed by atoms with E-state index in [-0.39, 0.29) is 29.5 Å². The highest BCUT2D eigenvalue weighted by Crippen LogP contribution is 2.33. The Morgan fingerprint density at radius 1 is 0.853 bits per heavy atom. The lowest BCUT2D eigenvalue weighted by Gasteiger charge is -2.09. The molecule has 0 spiro atoms. The van der Waals surface area contributed by atoms with Gasteiger partial charge in [-0.05, 0) is 29.8 Å². The number of fused-ring (bicyclic) bond motifs is 1. The van der Waals surface area contributed by atoms with Crippen molar-refractivity contribution in [1.29, 1.82) is 0 Å². The molecule has 2 aromatic carbocycles. The predicted molar refractivity (Wildman–Crippen MR) is 118 cm³/mol. The molecule has 5 rings (SSSR count). The van der Waals surface area contributed by atoms with Gasteiger partial charge < -0.3 is 14.6 Å². The van der Waals surface area contributed by atoms with Gasteiger partial charge >= 0.3 is 6.18 Å². The molecule has 0 aliphatic rings. The normalized spacial score (nSPS) is 11.9. The van der Waals surface area contributed by atoms with E-state index in [9.17, 15) is 23.4 Å². The number of furan rings is 1. The van der Waals surface area contributed by atoms with E-state index < -0.39 is 11.9 Å². The molecule has 6 nitrogen and oxygen atoms in total. The Balaban J connectivity index is 1.61. The molecule has 0 saturated heterocycles. The summed E-state index contributed by atoms with van der Waals surface area (Å²) in [5.41, 5.74) is 3.19. The highest BCUT2D eigenvalue weighted by atomic mass is 19.4. The minimum Gasteiger partial charge on any atom is -0.508 e. The van der Waals surface area contributed by atoms with E-state index in [1.165, 1.54) is 16.5 Å². The molecule has 0 fully saturated rings. The van der Waals surface area contributed by atoms with Crippen LogP contribution in [0.4, 0.5) is 13.2 Å². The van der Waals surface area contributed by atoms with Crippen molar-refractivity contribution in [3.05, 3.63) is 101 Å². The summed E-state index contributed by atoms with van der Waals surface area (Å²) in [7, 11) is 0. The number of aromatic hydroxyl groups is 2. The highest BCUT2D eigenvalue weighted by Gasteiger charge is 2.35. The molecule has 0 bridgehead atoms. The van der Waals surface area contributed by atoms with Gasteiger partial charge in [-0.3, -0.25) is 4.40 Å². The molecule has 0 atom stereocenters. The molecule has 0 amide bonds. The molecule has 0 aliphatic carbocycles. The van der Waals surface area contributed by atoms with Gasteiger partial charge in [0.2, 0.25) is 11.6 Å². The van der Waals surface area contributed by atoms with Crippen molar-refractivity contribution in [3.8, 4) is 22.9 Å². The third kappa shape index (κ3) is 4.19. The molecular formula is C25H18F3N3O3. The third-order valence-corrected chi connectivity index (χ3v) is 5.36. The lowest BCUT2D eigenvalue weighted by atomic mass is 10.1. The largest absolute Gasteiger partial charge is 0.508 e. The number of imidazole rings is 1. The number of halogens is 3. The van der Waals surface area contributed by atoms with Crippen molar-refractivity contribution in [3.63, 3.8) is 0 Å². The maximum Gasteiger partial charge on any atom is 0.449 e. The zero-order valence-electron chi connectivity index (χ0n) is 17.6. The Morgan fingerprint density at radius 2 is 1.65 bits per heavy atom. The number of hydrogen-bond donors (Lipinski definition) is 2. The Kier molecular flexibility index (Phi) is 5.24. The number of phenolic OH excluding ortho intramolecular Hbond substituents is 1. The van der Waals surface area contributed by atoms with Crippen molar-refractivity contribution in [2.24, 2.45) is 0 Å². The van der Waals surface area contributed by atoms with Crippen LogP contribution in [-0.4, -0.2) is 24.6 Å². The van der Waals surface area contributed by atoms with Gasteiger partial charge in [-0.15, -0.1) is 0 Å². The van der Waals surface area contributed by atoms with Gasteiger partial charge in [-0.1, -0.05) is 42.5 Å².